The Balaban J connectivity index is 1.55. The van der Waals surface area contributed by atoms with Crippen LogP contribution in [0.2, 0.25) is 0 Å². The number of benzene rings is 3. The molecule has 9 heteroatoms. The van der Waals surface area contributed by atoms with E-state index in [4.69, 9.17) is 18.6 Å². The predicted molar refractivity (Wildman–Crippen MR) is 158 cm³/mol. The van der Waals surface area contributed by atoms with E-state index in [2.05, 4.69) is 5.32 Å². The Hall–Kier alpha value is -5.05. The van der Waals surface area contributed by atoms with Gasteiger partial charge in [-0.05, 0) is 69.7 Å². The number of likely N-dealkylation sites (N-methyl/N-ethyl adjacent to an activating group) is 1. The molecule has 0 atom stereocenters. The number of aryl methyl sites for hydroxylation is 2. The maximum Gasteiger partial charge on any atom is 0.379 e. The second-order valence-corrected chi connectivity index (χ2v) is 10.7. The molecule has 3 aromatic carbocycles. The molecule has 5 rings (SSSR count). The highest BCUT2D eigenvalue weighted by Crippen LogP contribution is 2.45. The highest BCUT2D eigenvalue weighted by molar-refractivity contribution is 6.09. The highest BCUT2D eigenvalue weighted by Gasteiger charge is 2.39. The van der Waals surface area contributed by atoms with E-state index in [1.807, 2.05) is 45.0 Å². The Labute approximate surface area is 244 Å². The SMILES string of the molecule is COc1cc(OC(=O)c2occc2C)ccc1-c1ccc2c(c1COC(=O)c1ccc(C)cc1)N(C)C(=O)C(C)(C)N2. The number of carbonyl (C=O) groups excluding carboxylic acids is 3. The molecule has 1 amide bonds. The minimum atomic E-state index is -0.825. The fraction of sp³-hybridized carbons (Fsp3) is 0.242. The quantitative estimate of drug-likeness (QED) is 0.204. The van der Waals surface area contributed by atoms with Gasteiger partial charge >= 0.3 is 11.9 Å². The van der Waals surface area contributed by atoms with Gasteiger partial charge in [0.1, 0.15) is 23.6 Å². The van der Waals surface area contributed by atoms with E-state index in [1.165, 1.54) is 13.4 Å². The number of methoxy groups -OCH3 is 1. The first-order chi connectivity index (χ1) is 20.0. The Morgan fingerprint density at radius 1 is 0.952 bits per heavy atom. The van der Waals surface area contributed by atoms with E-state index >= 15 is 0 Å². The Morgan fingerprint density at radius 2 is 1.67 bits per heavy atom. The van der Waals surface area contributed by atoms with Crippen LogP contribution in [-0.2, 0) is 16.1 Å². The third kappa shape index (κ3) is 5.33. The second kappa shape index (κ2) is 11.1. The number of furan rings is 1. The van der Waals surface area contributed by atoms with Gasteiger partial charge in [0.05, 0.1) is 30.3 Å². The summed E-state index contributed by atoms with van der Waals surface area (Å²) in [6.45, 7) is 7.21. The molecular formula is C33H32N2O7. The molecule has 9 nitrogen and oxygen atoms in total. The van der Waals surface area contributed by atoms with Crippen molar-refractivity contribution in [3.63, 3.8) is 0 Å². The van der Waals surface area contributed by atoms with Crippen molar-refractivity contribution in [1.29, 1.82) is 0 Å². The van der Waals surface area contributed by atoms with Gasteiger partial charge in [-0.3, -0.25) is 4.79 Å². The molecule has 0 bridgehead atoms. The number of amides is 1. The van der Waals surface area contributed by atoms with E-state index in [1.54, 1.807) is 55.3 Å². The molecule has 1 N–H and O–H groups in total. The van der Waals surface area contributed by atoms with Gasteiger partial charge in [-0.25, -0.2) is 9.59 Å². The van der Waals surface area contributed by atoms with Crippen molar-refractivity contribution >= 4 is 29.2 Å². The molecule has 2 heterocycles. The zero-order valence-corrected chi connectivity index (χ0v) is 24.4. The van der Waals surface area contributed by atoms with Gasteiger partial charge < -0.3 is 28.8 Å². The van der Waals surface area contributed by atoms with Crippen LogP contribution < -0.4 is 19.7 Å². The molecule has 0 saturated heterocycles. The number of rotatable bonds is 7. The standard InChI is InChI=1S/C33H32N2O7/c1-19-7-9-21(10-8-19)30(36)41-18-25-23(13-14-26-28(25)35(5)32(38)33(3,4)34-26)24-12-11-22(17-27(24)39-6)42-31(37)29-20(2)15-16-40-29/h7-17,34H,18H2,1-6H3. The van der Waals surface area contributed by atoms with E-state index in [0.29, 0.717) is 39.3 Å². The monoisotopic (exact) mass is 568 g/mol. The van der Waals surface area contributed by atoms with Gasteiger partial charge in [0.25, 0.3) is 5.91 Å². The predicted octanol–water partition coefficient (Wildman–Crippen LogP) is 6.32. The van der Waals surface area contributed by atoms with Crippen LogP contribution >= 0.6 is 0 Å². The Kier molecular flexibility index (Phi) is 7.51. The molecule has 0 spiro atoms. The summed E-state index contributed by atoms with van der Waals surface area (Å²) in [5, 5.41) is 3.31. The van der Waals surface area contributed by atoms with Crippen LogP contribution in [0.4, 0.5) is 11.4 Å². The van der Waals surface area contributed by atoms with Crippen molar-refractivity contribution in [3.05, 3.63) is 94.9 Å². The summed E-state index contributed by atoms with van der Waals surface area (Å²) in [6, 6.07) is 17.6. The first-order valence-corrected chi connectivity index (χ1v) is 13.4. The normalized spacial score (nSPS) is 13.7. The average molecular weight is 569 g/mol. The number of nitrogens with zero attached hydrogens (tertiary/aromatic N) is 1. The number of ether oxygens (including phenoxy) is 3. The molecule has 0 unspecified atom stereocenters. The molecule has 0 fully saturated rings. The van der Waals surface area contributed by atoms with Crippen LogP contribution in [0.15, 0.2) is 71.3 Å². The summed E-state index contributed by atoms with van der Waals surface area (Å²) >= 11 is 0. The van der Waals surface area contributed by atoms with Crippen LogP contribution in [0.3, 0.4) is 0 Å². The van der Waals surface area contributed by atoms with E-state index in [0.717, 1.165) is 11.3 Å². The molecule has 1 aliphatic heterocycles. The summed E-state index contributed by atoms with van der Waals surface area (Å²) in [6.07, 6.45) is 1.43. The van der Waals surface area contributed by atoms with Crippen molar-refractivity contribution in [1.82, 2.24) is 0 Å². The summed E-state index contributed by atoms with van der Waals surface area (Å²) in [7, 11) is 3.21. The lowest BCUT2D eigenvalue weighted by atomic mass is 9.91. The first kappa shape index (κ1) is 28.5. The van der Waals surface area contributed by atoms with Gasteiger partial charge in [0, 0.05) is 29.8 Å². The number of fused-ring (bicyclic) bond motifs is 1. The number of anilines is 2. The number of hydrogen-bond donors (Lipinski definition) is 1. The first-order valence-electron chi connectivity index (χ1n) is 13.4. The van der Waals surface area contributed by atoms with Gasteiger partial charge in [-0.1, -0.05) is 23.8 Å². The largest absolute Gasteiger partial charge is 0.496 e. The number of carbonyl (C=O) groups is 3. The van der Waals surface area contributed by atoms with E-state index < -0.39 is 17.5 Å². The van der Waals surface area contributed by atoms with Crippen molar-refractivity contribution in [2.45, 2.75) is 39.8 Å². The maximum atomic E-state index is 13.3. The van der Waals surface area contributed by atoms with Crippen LogP contribution in [0.25, 0.3) is 11.1 Å². The number of esters is 2. The molecule has 0 radical (unpaired) electrons. The minimum absolute atomic E-state index is 0.109. The number of nitrogens with one attached hydrogen (secondary N) is 1. The zero-order valence-electron chi connectivity index (χ0n) is 24.4. The smallest absolute Gasteiger partial charge is 0.379 e. The second-order valence-electron chi connectivity index (χ2n) is 10.7. The van der Waals surface area contributed by atoms with Crippen LogP contribution in [0.1, 0.15) is 51.5 Å². The average Bonchev–Trinajstić information content (AvgIpc) is 3.40. The van der Waals surface area contributed by atoms with Gasteiger partial charge in [-0.15, -0.1) is 0 Å². The van der Waals surface area contributed by atoms with E-state index in [9.17, 15) is 14.4 Å². The summed E-state index contributed by atoms with van der Waals surface area (Å²) in [5.74, 6) is -0.454. The van der Waals surface area contributed by atoms with Crippen LogP contribution in [-0.4, -0.2) is 37.5 Å². The van der Waals surface area contributed by atoms with Crippen molar-refractivity contribution < 1.29 is 33.0 Å². The summed E-state index contributed by atoms with van der Waals surface area (Å²) in [4.78, 5) is 40.5. The fourth-order valence-electron chi connectivity index (χ4n) is 5.03. The zero-order chi connectivity index (χ0) is 30.2. The maximum absolute atomic E-state index is 13.3. The van der Waals surface area contributed by atoms with Crippen molar-refractivity contribution in [2.75, 3.05) is 24.4 Å². The summed E-state index contributed by atoms with van der Waals surface area (Å²) in [5.41, 5.74) is 4.56. The van der Waals surface area contributed by atoms with Gasteiger partial charge in [0.2, 0.25) is 5.76 Å². The lowest BCUT2D eigenvalue weighted by Gasteiger charge is -2.39. The van der Waals surface area contributed by atoms with Crippen molar-refractivity contribution in [3.8, 4) is 22.6 Å². The van der Waals surface area contributed by atoms with Crippen LogP contribution in [0.5, 0.6) is 11.5 Å². The van der Waals surface area contributed by atoms with Crippen molar-refractivity contribution in [2.24, 2.45) is 0 Å². The van der Waals surface area contributed by atoms with E-state index in [-0.39, 0.29) is 24.0 Å². The molecule has 0 saturated carbocycles. The summed E-state index contributed by atoms with van der Waals surface area (Å²) < 4.78 is 22.3. The van der Waals surface area contributed by atoms with Crippen LogP contribution in [0, 0.1) is 13.8 Å². The third-order valence-electron chi connectivity index (χ3n) is 7.26. The molecule has 1 aliphatic rings. The minimum Gasteiger partial charge on any atom is -0.496 e. The molecule has 0 aliphatic carbocycles. The molecular weight excluding hydrogens is 536 g/mol. The highest BCUT2D eigenvalue weighted by atomic mass is 16.5. The third-order valence-corrected chi connectivity index (χ3v) is 7.26. The molecule has 42 heavy (non-hydrogen) atoms. The van der Waals surface area contributed by atoms with Gasteiger partial charge in [-0.2, -0.15) is 0 Å². The molecule has 1 aromatic heterocycles. The number of hydrogen-bond acceptors (Lipinski definition) is 8. The lowest BCUT2D eigenvalue weighted by Crippen LogP contribution is -2.52. The lowest BCUT2D eigenvalue weighted by molar-refractivity contribution is -0.121. The topological polar surface area (TPSA) is 107 Å². The molecule has 216 valence electrons. The fourth-order valence-corrected chi connectivity index (χ4v) is 5.03. The Morgan fingerprint density at radius 3 is 2.33 bits per heavy atom. The van der Waals surface area contributed by atoms with Gasteiger partial charge in [0.15, 0.2) is 0 Å². The Bertz CT molecular complexity index is 1690. The molecule has 4 aromatic rings.